The van der Waals surface area contributed by atoms with E-state index in [0.29, 0.717) is 22.2 Å². The maximum Gasteiger partial charge on any atom is 0.276 e. The summed E-state index contributed by atoms with van der Waals surface area (Å²) >= 11 is 12.1. The van der Waals surface area contributed by atoms with Crippen molar-refractivity contribution >= 4 is 35.3 Å². The van der Waals surface area contributed by atoms with Gasteiger partial charge < -0.3 is 4.57 Å². The molecule has 1 N–H and O–H groups in total. The standard InChI is InChI=1S/C24H23Cl2N3O2/c1-24(2,3)18-11-9-16(10-12-18)15-29-13-5-7-19(23(29)31)22(30)28-27-14-17-6-4-8-20(25)21(17)26/h4-14H,15H2,1-3H3,(H,28,30)/b27-14-. The molecule has 1 heterocycles. The molecule has 0 bridgehead atoms. The summed E-state index contributed by atoms with van der Waals surface area (Å²) in [5.41, 5.74) is 4.78. The van der Waals surface area contributed by atoms with Crippen LogP contribution in [0.15, 0.2) is 70.7 Å². The lowest BCUT2D eigenvalue weighted by molar-refractivity contribution is 0.0953. The van der Waals surface area contributed by atoms with Crippen LogP contribution in [0.1, 0.15) is 47.8 Å². The number of amides is 1. The van der Waals surface area contributed by atoms with Crippen molar-refractivity contribution in [3.05, 3.63) is 103 Å². The van der Waals surface area contributed by atoms with Crippen LogP contribution in [0.25, 0.3) is 0 Å². The van der Waals surface area contributed by atoms with E-state index in [9.17, 15) is 9.59 Å². The highest BCUT2D eigenvalue weighted by molar-refractivity contribution is 6.43. The first kappa shape index (κ1) is 22.8. The van der Waals surface area contributed by atoms with Crippen molar-refractivity contribution in [2.45, 2.75) is 32.7 Å². The van der Waals surface area contributed by atoms with Gasteiger partial charge in [0.1, 0.15) is 5.56 Å². The van der Waals surface area contributed by atoms with Crippen LogP contribution < -0.4 is 11.0 Å². The molecule has 0 radical (unpaired) electrons. The SMILES string of the molecule is CC(C)(C)c1ccc(Cn2cccc(C(=O)N/N=C\c3cccc(Cl)c3Cl)c2=O)cc1. The Morgan fingerprint density at radius 2 is 1.77 bits per heavy atom. The van der Waals surface area contributed by atoms with E-state index < -0.39 is 11.5 Å². The van der Waals surface area contributed by atoms with Crippen molar-refractivity contribution in [2.24, 2.45) is 5.10 Å². The van der Waals surface area contributed by atoms with E-state index in [0.717, 1.165) is 5.56 Å². The lowest BCUT2D eigenvalue weighted by Gasteiger charge is -2.19. The number of halogens is 2. The molecule has 2 aromatic carbocycles. The van der Waals surface area contributed by atoms with Gasteiger partial charge in [0.15, 0.2) is 0 Å². The lowest BCUT2D eigenvalue weighted by atomic mass is 9.87. The van der Waals surface area contributed by atoms with Crippen molar-refractivity contribution in [3.63, 3.8) is 0 Å². The Bertz CT molecular complexity index is 1180. The Labute approximate surface area is 191 Å². The van der Waals surface area contributed by atoms with Gasteiger partial charge >= 0.3 is 0 Å². The van der Waals surface area contributed by atoms with E-state index >= 15 is 0 Å². The van der Waals surface area contributed by atoms with Crippen LogP contribution in [0.4, 0.5) is 0 Å². The number of aromatic nitrogens is 1. The molecule has 1 aromatic heterocycles. The van der Waals surface area contributed by atoms with Gasteiger partial charge in [-0.3, -0.25) is 9.59 Å². The molecule has 1 amide bonds. The summed E-state index contributed by atoms with van der Waals surface area (Å²) in [5.74, 6) is -0.600. The normalized spacial score (nSPS) is 11.6. The quantitative estimate of drug-likeness (QED) is 0.420. The smallest absolute Gasteiger partial charge is 0.276 e. The minimum atomic E-state index is -0.600. The summed E-state index contributed by atoms with van der Waals surface area (Å²) in [6, 6.07) is 16.3. The van der Waals surface area contributed by atoms with Crippen LogP contribution in [0, 0.1) is 0 Å². The first-order chi connectivity index (χ1) is 14.7. The van der Waals surface area contributed by atoms with E-state index in [-0.39, 0.29) is 11.0 Å². The molecule has 0 saturated carbocycles. The fourth-order valence-corrected chi connectivity index (χ4v) is 3.34. The highest BCUT2D eigenvalue weighted by Crippen LogP contribution is 2.24. The molecule has 3 aromatic rings. The van der Waals surface area contributed by atoms with E-state index in [2.05, 4.69) is 43.4 Å². The number of pyridine rings is 1. The number of carbonyl (C=O) groups is 1. The van der Waals surface area contributed by atoms with Gasteiger partial charge in [0.05, 0.1) is 22.8 Å². The summed E-state index contributed by atoms with van der Waals surface area (Å²) in [4.78, 5) is 25.3. The van der Waals surface area contributed by atoms with E-state index in [1.54, 1.807) is 30.5 Å². The lowest BCUT2D eigenvalue weighted by Crippen LogP contribution is -2.30. The highest BCUT2D eigenvalue weighted by atomic mass is 35.5. The zero-order valence-corrected chi connectivity index (χ0v) is 19.0. The van der Waals surface area contributed by atoms with Gasteiger partial charge in [-0.2, -0.15) is 5.10 Å². The van der Waals surface area contributed by atoms with Crippen LogP contribution in [0.5, 0.6) is 0 Å². The zero-order valence-electron chi connectivity index (χ0n) is 17.5. The number of hydrogen-bond acceptors (Lipinski definition) is 3. The van der Waals surface area contributed by atoms with Gasteiger partial charge in [0, 0.05) is 11.8 Å². The van der Waals surface area contributed by atoms with Gasteiger partial charge in [0.2, 0.25) is 0 Å². The van der Waals surface area contributed by atoms with Gasteiger partial charge in [0.25, 0.3) is 11.5 Å². The van der Waals surface area contributed by atoms with Crippen LogP contribution in [-0.4, -0.2) is 16.7 Å². The first-order valence-electron chi connectivity index (χ1n) is 9.73. The molecule has 0 saturated heterocycles. The highest BCUT2D eigenvalue weighted by Gasteiger charge is 2.14. The minimum absolute atomic E-state index is 0.00292. The Hall–Kier alpha value is -2.89. The summed E-state index contributed by atoms with van der Waals surface area (Å²) in [6.07, 6.45) is 3.04. The maximum atomic E-state index is 12.8. The molecule has 31 heavy (non-hydrogen) atoms. The number of hydrogen-bond donors (Lipinski definition) is 1. The molecule has 5 nitrogen and oxygen atoms in total. The Balaban J connectivity index is 1.74. The Kier molecular flexibility index (Phi) is 6.98. The number of nitrogens with zero attached hydrogens (tertiary/aromatic N) is 2. The molecular weight excluding hydrogens is 433 g/mol. The van der Waals surface area contributed by atoms with Gasteiger partial charge in [-0.15, -0.1) is 0 Å². The summed E-state index contributed by atoms with van der Waals surface area (Å²) in [5, 5.41) is 4.61. The Morgan fingerprint density at radius 1 is 1.06 bits per heavy atom. The van der Waals surface area contributed by atoms with E-state index in [1.165, 1.54) is 22.4 Å². The fraction of sp³-hybridized carbons (Fsp3) is 0.208. The predicted octanol–water partition coefficient (Wildman–Crippen LogP) is 5.26. The van der Waals surface area contributed by atoms with Crippen molar-refractivity contribution in [1.82, 2.24) is 9.99 Å². The third-order valence-electron chi connectivity index (χ3n) is 4.79. The molecule has 0 atom stereocenters. The van der Waals surface area contributed by atoms with E-state index in [1.807, 2.05) is 12.1 Å². The second-order valence-corrected chi connectivity index (χ2v) is 8.93. The molecule has 0 unspecified atom stereocenters. The van der Waals surface area contributed by atoms with Crippen molar-refractivity contribution < 1.29 is 4.79 Å². The van der Waals surface area contributed by atoms with Crippen molar-refractivity contribution in [2.75, 3.05) is 0 Å². The molecule has 0 spiro atoms. The molecule has 0 aliphatic carbocycles. The van der Waals surface area contributed by atoms with Crippen LogP contribution in [-0.2, 0) is 12.0 Å². The fourth-order valence-electron chi connectivity index (χ4n) is 2.98. The van der Waals surface area contributed by atoms with Gasteiger partial charge in [-0.05, 0) is 34.7 Å². The third-order valence-corrected chi connectivity index (χ3v) is 5.62. The number of benzene rings is 2. The molecule has 160 valence electrons. The number of hydrazone groups is 1. The van der Waals surface area contributed by atoms with Crippen molar-refractivity contribution in [1.29, 1.82) is 0 Å². The molecule has 0 aliphatic heterocycles. The predicted molar refractivity (Wildman–Crippen MR) is 126 cm³/mol. The third kappa shape index (κ3) is 5.63. The molecule has 7 heteroatoms. The number of rotatable bonds is 5. The molecule has 0 aliphatic rings. The van der Waals surface area contributed by atoms with Crippen molar-refractivity contribution in [3.8, 4) is 0 Å². The van der Waals surface area contributed by atoms with Gasteiger partial charge in [-0.1, -0.05) is 80.4 Å². The van der Waals surface area contributed by atoms with Crippen LogP contribution in [0.3, 0.4) is 0 Å². The minimum Gasteiger partial charge on any atom is -0.310 e. The summed E-state index contributed by atoms with van der Waals surface area (Å²) < 4.78 is 1.50. The van der Waals surface area contributed by atoms with E-state index in [4.69, 9.17) is 23.2 Å². The van der Waals surface area contributed by atoms with Crippen LogP contribution in [0.2, 0.25) is 10.0 Å². The molecule has 3 rings (SSSR count). The van der Waals surface area contributed by atoms with Gasteiger partial charge in [-0.25, -0.2) is 5.43 Å². The number of carbonyl (C=O) groups excluding carboxylic acids is 1. The maximum absolute atomic E-state index is 12.8. The number of nitrogens with one attached hydrogen (secondary N) is 1. The zero-order chi connectivity index (χ0) is 22.6. The first-order valence-corrected chi connectivity index (χ1v) is 10.5. The monoisotopic (exact) mass is 455 g/mol. The average Bonchev–Trinajstić information content (AvgIpc) is 2.72. The summed E-state index contributed by atoms with van der Waals surface area (Å²) in [6.45, 7) is 6.82. The second-order valence-electron chi connectivity index (χ2n) is 8.14. The second kappa shape index (κ2) is 9.50. The molecular formula is C24H23Cl2N3O2. The largest absolute Gasteiger partial charge is 0.310 e. The Morgan fingerprint density at radius 3 is 2.45 bits per heavy atom. The topological polar surface area (TPSA) is 63.5 Å². The van der Waals surface area contributed by atoms with Crippen LogP contribution >= 0.6 is 23.2 Å². The summed E-state index contributed by atoms with van der Waals surface area (Å²) in [7, 11) is 0. The molecule has 0 fully saturated rings. The average molecular weight is 456 g/mol.